The van der Waals surface area contributed by atoms with Crippen molar-refractivity contribution >= 4 is 15.2 Å². The van der Waals surface area contributed by atoms with Crippen molar-refractivity contribution in [1.82, 2.24) is 9.55 Å². The molecule has 0 bridgehead atoms. The molecule has 19 heteroatoms. The van der Waals surface area contributed by atoms with Crippen molar-refractivity contribution < 1.29 is 48.0 Å². The summed E-state index contributed by atoms with van der Waals surface area (Å²) in [4.78, 5) is 64.5. The first-order valence-corrected chi connectivity index (χ1v) is 15.5. The van der Waals surface area contributed by atoms with Gasteiger partial charge in [-0.25, -0.2) is 9.18 Å². The predicted molar refractivity (Wildman–Crippen MR) is 149 cm³/mol. The van der Waals surface area contributed by atoms with E-state index in [0.717, 1.165) is 0 Å². The molecule has 4 rings (SSSR count). The monoisotopic (exact) mass is 643 g/mol. The average molecular weight is 643 g/mol. The van der Waals surface area contributed by atoms with Gasteiger partial charge in [0, 0.05) is 29.5 Å². The molecule has 0 radical (unpaired) electrons. The summed E-state index contributed by atoms with van der Waals surface area (Å²) < 4.78 is 42.5. The maximum absolute atomic E-state index is 13.0. The Balaban J connectivity index is 0.000000242. The molecule has 0 amide bonds. The van der Waals surface area contributed by atoms with Gasteiger partial charge in [0.05, 0.1) is 18.8 Å². The van der Waals surface area contributed by atoms with Gasteiger partial charge in [0.15, 0.2) is 0 Å². The van der Waals surface area contributed by atoms with Crippen molar-refractivity contribution in [2.45, 2.75) is 43.2 Å². The van der Waals surface area contributed by atoms with Crippen molar-refractivity contribution in [3.8, 4) is 11.1 Å². The lowest BCUT2D eigenvalue weighted by atomic mass is 10.0. The van der Waals surface area contributed by atoms with E-state index in [4.69, 9.17) is 15.4 Å². The molecular weight excluding hydrogens is 615 g/mol. The summed E-state index contributed by atoms with van der Waals surface area (Å²) in [7, 11) is -11.1. The first-order chi connectivity index (χ1) is 20.0. The number of rotatable bonds is 8. The number of aromatic nitrogens is 2. The Labute approximate surface area is 242 Å². The number of aliphatic hydroxyl groups excluding tert-OH is 1. The third-order valence-electron chi connectivity index (χ3n) is 6.52. The van der Waals surface area contributed by atoms with Crippen LogP contribution in [0.2, 0.25) is 0 Å². The fourth-order valence-corrected chi connectivity index (χ4v) is 6.33. The van der Waals surface area contributed by atoms with Gasteiger partial charge in [-0.2, -0.15) is 0 Å². The number of aromatic amines is 1. The van der Waals surface area contributed by atoms with Crippen LogP contribution in [0.5, 0.6) is 0 Å². The summed E-state index contributed by atoms with van der Waals surface area (Å²) in [6.45, 7) is 1.26. The lowest BCUT2D eigenvalue weighted by Crippen LogP contribution is -2.33. The topological polar surface area (TPSA) is 268 Å². The Bertz CT molecular complexity index is 1690. The van der Waals surface area contributed by atoms with Gasteiger partial charge in [-0.15, -0.1) is 0 Å². The van der Waals surface area contributed by atoms with Crippen LogP contribution in [0.3, 0.4) is 0 Å². The number of benzene rings is 2. The van der Waals surface area contributed by atoms with E-state index in [-0.39, 0.29) is 18.6 Å². The fraction of sp³-hybridized carbons (Fsp3) is 0.333. The molecule has 1 aliphatic rings. The number of hydrogen-bond donors (Lipinski definition) is 7. The number of aliphatic hydroxyl groups is 2. The Kier molecular flexibility index (Phi) is 10.6. The van der Waals surface area contributed by atoms with E-state index in [0.29, 0.717) is 16.7 Å². The van der Waals surface area contributed by atoms with Gasteiger partial charge >= 0.3 is 20.9 Å². The maximum Gasteiger partial charge on any atom is 0.369 e. The minimum absolute atomic E-state index is 0.103. The van der Waals surface area contributed by atoms with Gasteiger partial charge < -0.3 is 34.5 Å². The average Bonchev–Trinajstić information content (AvgIpc) is 3.33. The molecule has 16 nitrogen and oxygen atoms in total. The Morgan fingerprint density at radius 2 is 1.74 bits per heavy atom. The van der Waals surface area contributed by atoms with Crippen molar-refractivity contribution in [1.29, 1.82) is 0 Å². The molecule has 1 aliphatic heterocycles. The lowest BCUT2D eigenvalue weighted by molar-refractivity contribution is -0.0271. The molecule has 0 saturated carbocycles. The summed E-state index contributed by atoms with van der Waals surface area (Å²) in [5.41, 5.74) is 8.98. The van der Waals surface area contributed by atoms with Crippen LogP contribution in [0, 0.1) is 12.7 Å². The lowest BCUT2D eigenvalue weighted by Gasteiger charge is -2.29. The van der Waals surface area contributed by atoms with E-state index in [1.165, 1.54) is 53.2 Å². The van der Waals surface area contributed by atoms with Crippen LogP contribution in [-0.2, 0) is 20.3 Å². The highest BCUT2D eigenvalue weighted by Gasteiger charge is 2.59. The molecule has 0 spiro atoms. The molecule has 1 aromatic heterocycles. The van der Waals surface area contributed by atoms with Crippen LogP contribution in [0.4, 0.5) is 4.39 Å². The molecule has 2 aromatic carbocycles. The normalized spacial score (nSPS) is 18.8. The highest BCUT2D eigenvalue weighted by atomic mass is 31.2. The highest BCUT2D eigenvalue weighted by molar-refractivity contribution is 7.72. The number of ether oxygens (including phenoxy) is 1. The Morgan fingerprint density at radius 1 is 1.12 bits per heavy atom. The van der Waals surface area contributed by atoms with Gasteiger partial charge in [-0.1, -0.05) is 41.5 Å². The minimum Gasteiger partial charge on any atom is -0.394 e. The van der Waals surface area contributed by atoms with Gasteiger partial charge in [0.2, 0.25) is 0 Å². The van der Waals surface area contributed by atoms with Crippen LogP contribution in [-0.4, -0.2) is 63.2 Å². The van der Waals surface area contributed by atoms with Crippen molar-refractivity contribution in [3.05, 3.63) is 103 Å². The summed E-state index contributed by atoms with van der Waals surface area (Å²) in [5.74, 6) is -0.438. The Hall–Kier alpha value is -3.46. The zero-order chi connectivity index (χ0) is 32.2. The second-order valence-electron chi connectivity index (χ2n) is 9.54. The maximum atomic E-state index is 13.0. The van der Waals surface area contributed by atoms with Gasteiger partial charge in [-0.3, -0.25) is 23.5 Å². The Morgan fingerprint density at radius 3 is 2.30 bits per heavy atom. The number of aryl methyl sites for hydroxylation is 1. The van der Waals surface area contributed by atoms with Crippen LogP contribution < -0.4 is 11.2 Å². The molecule has 1 fully saturated rings. The molecular formula is C24H28FN5O11P2. The number of azide groups is 1. The first kappa shape index (κ1) is 34.0. The number of H-pyrrole nitrogens is 1. The van der Waals surface area contributed by atoms with Crippen molar-refractivity contribution in [2.24, 2.45) is 5.11 Å². The third-order valence-corrected chi connectivity index (χ3v) is 10.3. The van der Waals surface area contributed by atoms with E-state index in [9.17, 15) is 47.8 Å². The van der Waals surface area contributed by atoms with E-state index in [1.54, 1.807) is 13.0 Å². The molecule has 7 N–H and O–H groups in total. The quantitative estimate of drug-likeness (QED) is 0.0805. The number of halogens is 1. The van der Waals surface area contributed by atoms with Crippen molar-refractivity contribution in [3.63, 3.8) is 0 Å². The molecule has 43 heavy (non-hydrogen) atoms. The van der Waals surface area contributed by atoms with Crippen LogP contribution in [0.15, 0.2) is 69.4 Å². The van der Waals surface area contributed by atoms with Gasteiger partial charge in [0.1, 0.15) is 12.0 Å². The van der Waals surface area contributed by atoms with E-state index < -0.39 is 62.1 Å². The number of nitrogens with one attached hydrogen (secondary N) is 1. The number of hydrogen-bond acceptors (Lipinski definition) is 8. The van der Waals surface area contributed by atoms with Crippen LogP contribution in [0.1, 0.15) is 23.8 Å². The van der Waals surface area contributed by atoms with E-state index >= 15 is 0 Å². The first-order valence-electron chi connectivity index (χ1n) is 12.3. The van der Waals surface area contributed by atoms with E-state index in [1.807, 2.05) is 0 Å². The molecule has 1 saturated heterocycles. The standard InChI is InChI=1S/C14H15FO7P2.C10H13N5O4/c15-13-6-4-11(5-7-13)12-3-1-2-10(8-12)9-14(16,23(17,18)19)24(20,21)22;1-5-3-15(10(18)12-9(5)17)8-2-6(13-14-11)7(4-16)19-8/h1-8,16H,9H2,(H2,17,18,19)(H2,20,21,22);3,6-8,16H,2,4H2,1H3,(H,12,17,18)/t;6-,7+,8+/m.0/s1. The third kappa shape index (κ3) is 7.93. The molecule has 3 aromatic rings. The summed E-state index contributed by atoms with van der Waals surface area (Å²) in [5, 5.41) is 19.1. The smallest absolute Gasteiger partial charge is 0.369 e. The predicted octanol–water partition coefficient (Wildman–Crippen LogP) is 1.84. The number of nitrogens with zero attached hydrogens (tertiary/aromatic N) is 4. The molecule has 232 valence electrons. The van der Waals surface area contributed by atoms with Gasteiger partial charge in [-0.05, 0) is 41.3 Å². The highest BCUT2D eigenvalue weighted by Crippen LogP contribution is 2.68. The molecule has 3 atom stereocenters. The SMILES string of the molecule is Cc1cn([C@H]2C[C@H](N=[N+]=[N-])[C@@H](CO)O2)c(=O)[nH]c1=O.O=P(O)(O)C(O)(Cc1cccc(-c2ccc(F)cc2)c1)P(=O)(O)O. The molecule has 0 unspecified atom stereocenters. The zero-order valence-corrected chi connectivity index (χ0v) is 24.1. The second-order valence-corrected chi connectivity index (χ2v) is 13.6. The zero-order valence-electron chi connectivity index (χ0n) is 22.3. The summed E-state index contributed by atoms with van der Waals surface area (Å²) in [6.07, 6.45) is -0.619. The van der Waals surface area contributed by atoms with Crippen LogP contribution >= 0.6 is 15.2 Å². The fourth-order valence-electron chi connectivity index (χ4n) is 4.19. The van der Waals surface area contributed by atoms with E-state index in [2.05, 4.69) is 15.0 Å². The van der Waals surface area contributed by atoms with Crippen LogP contribution in [0.25, 0.3) is 21.6 Å². The minimum atomic E-state index is -5.53. The summed E-state index contributed by atoms with van der Waals surface area (Å²) >= 11 is 0. The van der Waals surface area contributed by atoms with Crippen molar-refractivity contribution in [2.75, 3.05) is 6.61 Å². The van der Waals surface area contributed by atoms with Gasteiger partial charge in [0.25, 0.3) is 10.6 Å². The second kappa shape index (κ2) is 13.5. The molecule has 2 heterocycles. The summed E-state index contributed by atoms with van der Waals surface area (Å²) in [6, 6.07) is 10.8. The largest absolute Gasteiger partial charge is 0.394 e. The molecule has 0 aliphatic carbocycles.